The second kappa shape index (κ2) is 12.3. The summed E-state index contributed by atoms with van der Waals surface area (Å²) in [5.41, 5.74) is 18.8. The molecule has 1 aromatic carbocycles. The Bertz CT molecular complexity index is 1290. The number of nitrogens with two attached hydrogens (primary N) is 2. The van der Waals surface area contributed by atoms with Crippen molar-refractivity contribution < 1.29 is 4.39 Å². The average Bonchev–Trinajstić information content (AvgIpc) is 3.27. The fourth-order valence-corrected chi connectivity index (χ4v) is 3.38. The number of nitrogens with one attached hydrogen (secondary N) is 2. The molecule has 0 unspecified atom stereocenters. The fraction of sp³-hybridized carbons (Fsp3) is 0.138. The number of benzene rings is 1. The minimum absolute atomic E-state index is 0.291. The van der Waals surface area contributed by atoms with Crippen LogP contribution in [-0.4, -0.2) is 9.78 Å². The SMILES string of the molecule is C=C(/C=C(/C(=C)C)n1nccc1C)C(=C)NCc1ccc(F)c(CNC2=C(N)C(=C)C2=C)c1.C=CN. The first kappa shape index (κ1) is 27.7. The zero-order valence-corrected chi connectivity index (χ0v) is 21.1. The van der Waals surface area contributed by atoms with E-state index in [4.69, 9.17) is 5.73 Å². The zero-order chi connectivity index (χ0) is 27.0. The van der Waals surface area contributed by atoms with Gasteiger partial charge in [-0.05, 0) is 61.0 Å². The summed E-state index contributed by atoms with van der Waals surface area (Å²) in [7, 11) is 0. The van der Waals surface area contributed by atoms with E-state index in [1.54, 1.807) is 18.3 Å². The molecule has 0 atom stereocenters. The van der Waals surface area contributed by atoms with Crippen LogP contribution in [0.25, 0.3) is 5.70 Å². The van der Waals surface area contributed by atoms with Crippen LogP contribution >= 0.6 is 0 Å². The molecule has 0 fully saturated rings. The van der Waals surface area contributed by atoms with Crippen LogP contribution < -0.4 is 22.1 Å². The van der Waals surface area contributed by atoms with Crippen LogP contribution in [0.1, 0.15) is 23.7 Å². The van der Waals surface area contributed by atoms with Gasteiger partial charge >= 0.3 is 0 Å². The van der Waals surface area contributed by atoms with E-state index in [9.17, 15) is 4.39 Å². The number of aryl methyl sites for hydroxylation is 1. The van der Waals surface area contributed by atoms with Gasteiger partial charge in [0.1, 0.15) is 5.82 Å². The van der Waals surface area contributed by atoms with Crippen LogP contribution in [0.4, 0.5) is 4.39 Å². The summed E-state index contributed by atoms with van der Waals surface area (Å²) in [6, 6.07) is 6.93. The Hall–Kier alpha value is -4.52. The maximum Gasteiger partial charge on any atom is 0.128 e. The third kappa shape index (κ3) is 6.54. The van der Waals surface area contributed by atoms with E-state index in [-0.39, 0.29) is 5.82 Å². The van der Waals surface area contributed by atoms with E-state index in [2.05, 4.69) is 60.9 Å². The van der Waals surface area contributed by atoms with Crippen molar-refractivity contribution in [3.05, 3.63) is 144 Å². The van der Waals surface area contributed by atoms with Gasteiger partial charge < -0.3 is 22.1 Å². The number of aromatic nitrogens is 2. The van der Waals surface area contributed by atoms with Gasteiger partial charge in [-0.2, -0.15) is 5.10 Å². The molecule has 188 valence electrons. The summed E-state index contributed by atoms with van der Waals surface area (Å²) in [5.74, 6) is -0.291. The lowest BCUT2D eigenvalue weighted by molar-refractivity contribution is 0.599. The summed E-state index contributed by atoms with van der Waals surface area (Å²) in [6.07, 6.45) is 4.89. The smallest absolute Gasteiger partial charge is 0.128 e. The van der Waals surface area contributed by atoms with E-state index in [1.165, 1.54) is 12.3 Å². The molecule has 0 saturated carbocycles. The standard InChI is InChI=1S/C27H30FN5.C2H5N/c1-16(2)25(33-18(4)10-11-32-33)12-17(3)21(7)30-14-22-8-9-24(28)23(13-22)15-31-27-20(6)19(5)26(27)29;1-2-3/h8-13,30-31H,1,3,5-7,14-15,29H2,2,4H3;2H,1,3H2/b25-12-;. The number of rotatable bonds is 10. The molecule has 7 heteroatoms. The van der Waals surface area contributed by atoms with Crippen molar-refractivity contribution in [1.82, 2.24) is 20.4 Å². The first-order valence-corrected chi connectivity index (χ1v) is 11.2. The molecule has 36 heavy (non-hydrogen) atoms. The van der Waals surface area contributed by atoms with E-state index < -0.39 is 0 Å². The predicted octanol–water partition coefficient (Wildman–Crippen LogP) is 5.08. The highest BCUT2D eigenvalue weighted by Gasteiger charge is 2.23. The van der Waals surface area contributed by atoms with Gasteiger partial charge in [0.25, 0.3) is 0 Å². The number of hydrogen-bond acceptors (Lipinski definition) is 5. The minimum Gasteiger partial charge on any atom is -0.405 e. The Morgan fingerprint density at radius 2 is 1.81 bits per heavy atom. The van der Waals surface area contributed by atoms with Crippen molar-refractivity contribution >= 4 is 5.70 Å². The molecule has 1 aromatic heterocycles. The van der Waals surface area contributed by atoms with Gasteiger partial charge in [-0.15, -0.1) is 0 Å². The molecule has 0 bridgehead atoms. The number of nitrogens with zero attached hydrogens (tertiary/aromatic N) is 2. The second-order valence-corrected chi connectivity index (χ2v) is 8.31. The molecule has 1 aliphatic rings. The highest BCUT2D eigenvalue weighted by atomic mass is 19.1. The van der Waals surface area contributed by atoms with Gasteiger partial charge in [0, 0.05) is 47.4 Å². The second-order valence-electron chi connectivity index (χ2n) is 8.31. The third-order valence-corrected chi connectivity index (χ3v) is 5.53. The average molecular weight is 487 g/mol. The maximum atomic E-state index is 14.3. The topological polar surface area (TPSA) is 93.9 Å². The highest BCUT2D eigenvalue weighted by molar-refractivity contribution is 5.67. The Morgan fingerprint density at radius 3 is 2.36 bits per heavy atom. The van der Waals surface area contributed by atoms with Crippen molar-refractivity contribution in [3.8, 4) is 0 Å². The van der Waals surface area contributed by atoms with Crippen LogP contribution in [0, 0.1) is 12.7 Å². The molecule has 0 spiro atoms. The molecule has 0 aliphatic heterocycles. The van der Waals surface area contributed by atoms with Crippen LogP contribution in [0.2, 0.25) is 0 Å². The summed E-state index contributed by atoms with van der Waals surface area (Å²) < 4.78 is 16.1. The highest BCUT2D eigenvalue weighted by Crippen LogP contribution is 2.32. The first-order chi connectivity index (χ1) is 17.0. The predicted molar refractivity (Wildman–Crippen MR) is 148 cm³/mol. The lowest BCUT2D eigenvalue weighted by atomic mass is 9.90. The van der Waals surface area contributed by atoms with Crippen molar-refractivity contribution in [3.63, 3.8) is 0 Å². The van der Waals surface area contributed by atoms with E-state index in [0.29, 0.717) is 35.6 Å². The van der Waals surface area contributed by atoms with Gasteiger partial charge in [-0.25, -0.2) is 9.07 Å². The molecular weight excluding hydrogens is 451 g/mol. The number of halogens is 1. The monoisotopic (exact) mass is 486 g/mol. The van der Waals surface area contributed by atoms with Crippen molar-refractivity contribution in [2.45, 2.75) is 26.9 Å². The molecule has 3 rings (SSSR count). The van der Waals surface area contributed by atoms with Crippen LogP contribution in [0.3, 0.4) is 0 Å². The molecule has 0 radical (unpaired) electrons. The Balaban J connectivity index is 0.00000145. The molecule has 1 aliphatic carbocycles. The fourth-order valence-electron chi connectivity index (χ4n) is 3.38. The van der Waals surface area contributed by atoms with Crippen molar-refractivity contribution in [1.29, 1.82) is 0 Å². The van der Waals surface area contributed by atoms with Crippen molar-refractivity contribution in [2.24, 2.45) is 11.5 Å². The first-order valence-electron chi connectivity index (χ1n) is 11.2. The molecule has 0 amide bonds. The van der Waals surface area contributed by atoms with E-state index in [0.717, 1.165) is 39.4 Å². The maximum absolute atomic E-state index is 14.3. The quantitative estimate of drug-likeness (QED) is 0.351. The molecule has 6 nitrogen and oxygen atoms in total. The Morgan fingerprint density at radius 1 is 1.14 bits per heavy atom. The van der Waals surface area contributed by atoms with Gasteiger partial charge in [-0.3, -0.25) is 0 Å². The Labute approximate surface area is 213 Å². The number of hydrogen-bond donors (Lipinski definition) is 4. The van der Waals surface area contributed by atoms with Gasteiger partial charge in [0.2, 0.25) is 0 Å². The normalized spacial score (nSPS) is 12.8. The van der Waals surface area contributed by atoms with E-state index >= 15 is 0 Å². The van der Waals surface area contributed by atoms with Crippen LogP contribution in [0.5, 0.6) is 0 Å². The van der Waals surface area contributed by atoms with Gasteiger partial charge in [0.05, 0.1) is 17.1 Å². The van der Waals surface area contributed by atoms with E-state index in [1.807, 2.05) is 30.7 Å². The zero-order valence-electron chi connectivity index (χ0n) is 21.1. The van der Waals surface area contributed by atoms with Crippen LogP contribution in [-0.2, 0) is 13.1 Å². The lowest BCUT2D eigenvalue weighted by Gasteiger charge is -2.27. The lowest BCUT2D eigenvalue weighted by Crippen LogP contribution is -2.28. The molecule has 2 aromatic rings. The van der Waals surface area contributed by atoms with Crippen LogP contribution in [0.15, 0.2) is 122 Å². The summed E-state index contributed by atoms with van der Waals surface area (Å²) >= 11 is 0. The summed E-state index contributed by atoms with van der Waals surface area (Å²) in [6.45, 7) is 27.8. The number of allylic oxidation sites excluding steroid dienone is 5. The molecule has 1 heterocycles. The minimum atomic E-state index is -0.291. The van der Waals surface area contributed by atoms with Gasteiger partial charge in [-0.1, -0.05) is 45.5 Å². The largest absolute Gasteiger partial charge is 0.405 e. The summed E-state index contributed by atoms with van der Waals surface area (Å²) in [4.78, 5) is 0. The third-order valence-electron chi connectivity index (χ3n) is 5.53. The van der Waals surface area contributed by atoms with Crippen molar-refractivity contribution in [2.75, 3.05) is 0 Å². The summed E-state index contributed by atoms with van der Waals surface area (Å²) in [5, 5.41) is 10.8. The Kier molecular flexibility index (Phi) is 9.44. The molecule has 0 saturated heterocycles. The molecule has 6 N–H and O–H groups in total. The van der Waals surface area contributed by atoms with Gasteiger partial charge in [0.15, 0.2) is 0 Å². The molecular formula is C29H35FN6.